The van der Waals surface area contributed by atoms with Crippen molar-refractivity contribution in [3.8, 4) is 0 Å². The normalized spacial score (nSPS) is 10.9. The summed E-state index contributed by atoms with van der Waals surface area (Å²) in [6.07, 6.45) is 29.5. The van der Waals surface area contributed by atoms with Crippen LogP contribution in [0, 0.1) is 0 Å². The van der Waals surface area contributed by atoms with Gasteiger partial charge in [0.2, 0.25) is 0 Å². The standard InChI is InChI=1S/C12H24Cl2.2C12H27N/c13-11-9-7-5-3-1-2-4-6-8-10-12-14;2*1-4-7-10-13(11-8-5-2)12-9-6-3/h1-12H2;2*4-12H2,1-3H3. The van der Waals surface area contributed by atoms with E-state index in [4.69, 9.17) is 23.2 Å². The molecule has 0 heterocycles. The molecule has 0 N–H and O–H groups in total. The Morgan fingerprint density at radius 3 is 0.600 bits per heavy atom. The first kappa shape index (κ1) is 44.9. The van der Waals surface area contributed by atoms with E-state index in [1.807, 2.05) is 0 Å². The Bertz CT molecular complexity index is 321. The topological polar surface area (TPSA) is 6.48 Å². The molecule has 0 aliphatic carbocycles. The van der Waals surface area contributed by atoms with Crippen LogP contribution in [0.5, 0.6) is 0 Å². The molecule has 40 heavy (non-hydrogen) atoms. The molecule has 0 amide bonds. The molecule has 0 saturated carbocycles. The van der Waals surface area contributed by atoms with Gasteiger partial charge in [0.1, 0.15) is 0 Å². The van der Waals surface area contributed by atoms with Crippen LogP contribution in [0.15, 0.2) is 0 Å². The maximum atomic E-state index is 5.60. The van der Waals surface area contributed by atoms with Crippen molar-refractivity contribution >= 4 is 23.2 Å². The van der Waals surface area contributed by atoms with E-state index in [1.54, 1.807) is 0 Å². The quantitative estimate of drug-likeness (QED) is 0.0615. The largest absolute Gasteiger partial charge is 0.303 e. The van der Waals surface area contributed by atoms with Crippen LogP contribution >= 0.6 is 23.2 Å². The molecule has 0 bridgehead atoms. The van der Waals surface area contributed by atoms with Crippen molar-refractivity contribution in [3.63, 3.8) is 0 Å². The second kappa shape index (κ2) is 43.9. The van der Waals surface area contributed by atoms with E-state index in [0.717, 1.165) is 11.8 Å². The molecular formula is C36H78Cl2N2. The molecule has 0 saturated heterocycles. The molecule has 0 aliphatic rings. The summed E-state index contributed by atoms with van der Waals surface area (Å²) in [5.74, 6) is 1.66. The van der Waals surface area contributed by atoms with Gasteiger partial charge in [0, 0.05) is 11.8 Å². The minimum absolute atomic E-state index is 0.832. The molecule has 0 spiro atoms. The summed E-state index contributed by atoms with van der Waals surface area (Å²) >= 11 is 11.2. The fourth-order valence-electron chi connectivity index (χ4n) is 4.56. The fourth-order valence-corrected chi connectivity index (χ4v) is 4.94. The number of halogens is 2. The van der Waals surface area contributed by atoms with Crippen LogP contribution in [0.4, 0.5) is 0 Å². The predicted molar refractivity (Wildman–Crippen MR) is 190 cm³/mol. The highest BCUT2D eigenvalue weighted by atomic mass is 35.5. The van der Waals surface area contributed by atoms with Gasteiger partial charge in [-0.25, -0.2) is 0 Å². The van der Waals surface area contributed by atoms with Crippen LogP contribution in [0.3, 0.4) is 0 Å². The van der Waals surface area contributed by atoms with E-state index in [9.17, 15) is 0 Å². The zero-order valence-electron chi connectivity index (χ0n) is 28.9. The smallest absolute Gasteiger partial charge is 0.0223 e. The first-order valence-electron chi connectivity index (χ1n) is 18.2. The maximum absolute atomic E-state index is 5.60. The highest BCUT2D eigenvalue weighted by Gasteiger charge is 2.03. The van der Waals surface area contributed by atoms with Gasteiger partial charge < -0.3 is 9.80 Å². The molecule has 0 aliphatic heterocycles. The number of alkyl halides is 2. The van der Waals surface area contributed by atoms with Gasteiger partial charge in [-0.2, -0.15) is 0 Å². The lowest BCUT2D eigenvalue weighted by Gasteiger charge is -2.21. The number of hydrogen-bond donors (Lipinski definition) is 0. The van der Waals surface area contributed by atoms with Gasteiger partial charge in [0.05, 0.1) is 0 Å². The van der Waals surface area contributed by atoms with Crippen molar-refractivity contribution in [1.29, 1.82) is 0 Å². The maximum Gasteiger partial charge on any atom is 0.0223 e. The number of unbranched alkanes of at least 4 members (excludes halogenated alkanes) is 15. The summed E-state index contributed by atoms with van der Waals surface area (Å²) < 4.78 is 0. The lowest BCUT2D eigenvalue weighted by atomic mass is 10.1. The molecule has 0 radical (unpaired) electrons. The summed E-state index contributed by atoms with van der Waals surface area (Å²) in [5.41, 5.74) is 0. The van der Waals surface area contributed by atoms with E-state index in [1.165, 1.54) is 181 Å². The summed E-state index contributed by atoms with van der Waals surface area (Å²) in [6, 6.07) is 0. The van der Waals surface area contributed by atoms with Crippen molar-refractivity contribution in [3.05, 3.63) is 0 Å². The lowest BCUT2D eigenvalue weighted by molar-refractivity contribution is 0.261. The fraction of sp³-hybridized carbons (Fsp3) is 1.00. The van der Waals surface area contributed by atoms with Gasteiger partial charge in [0.25, 0.3) is 0 Å². The molecule has 0 unspecified atom stereocenters. The Morgan fingerprint density at radius 1 is 0.275 bits per heavy atom. The van der Waals surface area contributed by atoms with E-state index >= 15 is 0 Å². The molecular weight excluding hydrogens is 531 g/mol. The SMILES string of the molecule is CCCCN(CCCC)CCCC.CCCCN(CCCC)CCCC.ClCCCCCCCCCCCCCl. The van der Waals surface area contributed by atoms with Crippen LogP contribution in [0.2, 0.25) is 0 Å². The minimum Gasteiger partial charge on any atom is -0.303 e. The highest BCUT2D eigenvalue weighted by Crippen LogP contribution is 2.11. The second-order valence-electron chi connectivity index (χ2n) is 11.7. The van der Waals surface area contributed by atoms with Gasteiger partial charge >= 0.3 is 0 Å². The van der Waals surface area contributed by atoms with Crippen molar-refractivity contribution in [1.82, 2.24) is 9.80 Å². The van der Waals surface area contributed by atoms with E-state index < -0.39 is 0 Å². The number of rotatable bonds is 29. The molecule has 0 atom stereocenters. The van der Waals surface area contributed by atoms with Crippen LogP contribution in [0.25, 0.3) is 0 Å². The summed E-state index contributed by atoms with van der Waals surface area (Å²) in [7, 11) is 0. The van der Waals surface area contributed by atoms with Crippen LogP contribution in [0.1, 0.15) is 183 Å². The Kier molecular flexibility index (Phi) is 49.4. The number of hydrogen-bond acceptors (Lipinski definition) is 2. The van der Waals surface area contributed by atoms with Crippen molar-refractivity contribution in [2.45, 2.75) is 183 Å². The minimum atomic E-state index is 0.832. The van der Waals surface area contributed by atoms with E-state index in [2.05, 4.69) is 51.3 Å². The second-order valence-corrected chi connectivity index (χ2v) is 12.5. The molecule has 246 valence electrons. The predicted octanol–water partition coefficient (Wildman–Crippen LogP) is 12.7. The summed E-state index contributed by atoms with van der Waals surface area (Å²) in [6.45, 7) is 21.5. The zero-order valence-corrected chi connectivity index (χ0v) is 30.4. The van der Waals surface area contributed by atoms with Crippen molar-refractivity contribution < 1.29 is 0 Å². The average molecular weight is 610 g/mol. The van der Waals surface area contributed by atoms with Gasteiger partial charge in [-0.05, 0) is 90.6 Å². The van der Waals surface area contributed by atoms with Crippen LogP contribution in [-0.2, 0) is 0 Å². The molecule has 0 aromatic heterocycles. The molecule has 2 nitrogen and oxygen atoms in total. The lowest BCUT2D eigenvalue weighted by Crippen LogP contribution is -2.27. The average Bonchev–Trinajstić information content (AvgIpc) is 2.98. The van der Waals surface area contributed by atoms with Crippen molar-refractivity contribution in [2.75, 3.05) is 51.0 Å². The molecule has 0 rings (SSSR count). The molecule has 0 fully saturated rings. The van der Waals surface area contributed by atoms with Crippen molar-refractivity contribution in [2.24, 2.45) is 0 Å². The van der Waals surface area contributed by atoms with Gasteiger partial charge in [-0.1, -0.05) is 131 Å². The Hall–Kier alpha value is 0.500. The highest BCUT2D eigenvalue weighted by molar-refractivity contribution is 6.18. The molecule has 0 aromatic carbocycles. The van der Waals surface area contributed by atoms with Gasteiger partial charge in [-0.3, -0.25) is 0 Å². The monoisotopic (exact) mass is 609 g/mol. The summed E-state index contributed by atoms with van der Waals surface area (Å²) in [5, 5.41) is 0. The summed E-state index contributed by atoms with van der Waals surface area (Å²) in [4.78, 5) is 5.27. The van der Waals surface area contributed by atoms with E-state index in [0.29, 0.717) is 0 Å². The molecule has 4 heteroatoms. The van der Waals surface area contributed by atoms with Gasteiger partial charge in [0.15, 0.2) is 0 Å². The van der Waals surface area contributed by atoms with E-state index in [-0.39, 0.29) is 0 Å². The Balaban J connectivity index is -0.000000514. The third-order valence-electron chi connectivity index (χ3n) is 7.48. The van der Waals surface area contributed by atoms with Gasteiger partial charge in [-0.15, -0.1) is 23.2 Å². The third-order valence-corrected chi connectivity index (χ3v) is 8.02. The number of nitrogens with zero attached hydrogens (tertiary/aromatic N) is 2. The third kappa shape index (κ3) is 43.0. The first-order chi connectivity index (χ1) is 19.6. The van der Waals surface area contributed by atoms with Crippen LogP contribution in [-0.4, -0.2) is 60.8 Å². The van der Waals surface area contributed by atoms with Crippen LogP contribution < -0.4 is 0 Å². The molecule has 0 aromatic rings. The first-order valence-corrected chi connectivity index (χ1v) is 19.2. The Morgan fingerprint density at radius 2 is 0.450 bits per heavy atom. The Labute approximate surface area is 266 Å². The zero-order chi connectivity index (χ0) is 30.4.